The number of amides is 1. The molecular weight excluding hydrogens is 376 g/mol. The lowest BCUT2D eigenvalue weighted by Crippen LogP contribution is -2.25. The van der Waals surface area contributed by atoms with Crippen molar-refractivity contribution in [3.05, 3.63) is 82.2 Å². The lowest BCUT2D eigenvalue weighted by molar-refractivity contribution is 0.0954. The molecule has 0 fully saturated rings. The molecule has 0 bridgehead atoms. The van der Waals surface area contributed by atoms with Crippen LogP contribution in [0.4, 0.5) is 8.78 Å². The van der Waals surface area contributed by atoms with Crippen LogP contribution in [0.2, 0.25) is 0 Å². The van der Waals surface area contributed by atoms with Crippen LogP contribution in [0.25, 0.3) is 10.4 Å². The fourth-order valence-corrected chi connectivity index (χ4v) is 3.90. The Labute approximate surface area is 168 Å². The van der Waals surface area contributed by atoms with Gasteiger partial charge in [0.15, 0.2) is 0 Å². The Morgan fingerprint density at radius 2 is 1.71 bits per heavy atom. The summed E-state index contributed by atoms with van der Waals surface area (Å²) in [5.41, 5.74) is 2.26. The van der Waals surface area contributed by atoms with Gasteiger partial charge in [-0.2, -0.15) is 0 Å². The highest BCUT2D eigenvalue weighted by Gasteiger charge is 2.14. The standard InChI is InChI=1S/C23H23F2NOS/c1-23(2,3)16-6-4-15(5-7-16)22(27)26-13-12-18-9-11-21(28-18)19-10-8-17(24)14-20(19)25/h4-11,14H,12-13H2,1-3H3,(H,26,27). The molecular formula is C23H23F2NOS. The molecule has 2 nitrogen and oxygen atoms in total. The summed E-state index contributed by atoms with van der Waals surface area (Å²) in [6.07, 6.45) is 0.652. The van der Waals surface area contributed by atoms with E-state index in [1.807, 2.05) is 36.4 Å². The summed E-state index contributed by atoms with van der Waals surface area (Å²) in [5, 5.41) is 2.92. The van der Waals surface area contributed by atoms with Gasteiger partial charge in [0, 0.05) is 33.5 Å². The number of rotatable bonds is 5. The molecule has 0 aliphatic rings. The van der Waals surface area contributed by atoms with Crippen molar-refractivity contribution in [3.8, 4) is 10.4 Å². The highest BCUT2D eigenvalue weighted by molar-refractivity contribution is 7.15. The summed E-state index contributed by atoms with van der Waals surface area (Å²) >= 11 is 1.44. The van der Waals surface area contributed by atoms with Gasteiger partial charge in [-0.05, 0) is 53.8 Å². The number of carbonyl (C=O) groups excluding carboxylic acids is 1. The lowest BCUT2D eigenvalue weighted by atomic mass is 9.87. The Balaban J connectivity index is 1.57. The largest absolute Gasteiger partial charge is 0.352 e. The summed E-state index contributed by atoms with van der Waals surface area (Å²) in [6.45, 7) is 6.89. The van der Waals surface area contributed by atoms with Crippen LogP contribution in [-0.2, 0) is 11.8 Å². The Hall–Kier alpha value is -2.53. The minimum Gasteiger partial charge on any atom is -0.352 e. The molecule has 0 aliphatic carbocycles. The Morgan fingerprint density at radius 3 is 2.36 bits per heavy atom. The first-order valence-corrected chi connectivity index (χ1v) is 9.98. The lowest BCUT2D eigenvalue weighted by Gasteiger charge is -2.19. The van der Waals surface area contributed by atoms with Crippen molar-refractivity contribution in [3.63, 3.8) is 0 Å². The van der Waals surface area contributed by atoms with Crippen molar-refractivity contribution in [1.82, 2.24) is 5.32 Å². The molecule has 1 N–H and O–H groups in total. The molecule has 1 aromatic heterocycles. The molecule has 0 unspecified atom stereocenters. The van der Waals surface area contributed by atoms with Crippen LogP contribution in [0.3, 0.4) is 0 Å². The van der Waals surface area contributed by atoms with Gasteiger partial charge in [0.2, 0.25) is 0 Å². The van der Waals surface area contributed by atoms with E-state index in [0.717, 1.165) is 15.8 Å². The summed E-state index contributed by atoms with van der Waals surface area (Å²) in [5.74, 6) is -1.27. The number of halogens is 2. The Morgan fingerprint density at radius 1 is 1.00 bits per heavy atom. The van der Waals surface area contributed by atoms with Crippen LogP contribution in [0.1, 0.15) is 41.6 Å². The number of hydrogen-bond donors (Lipinski definition) is 1. The molecule has 2 aromatic carbocycles. The second kappa shape index (κ2) is 8.23. The minimum absolute atomic E-state index is 0.0515. The van der Waals surface area contributed by atoms with Crippen molar-refractivity contribution in [2.24, 2.45) is 0 Å². The van der Waals surface area contributed by atoms with Crippen molar-refractivity contribution in [2.45, 2.75) is 32.6 Å². The predicted molar refractivity (Wildman–Crippen MR) is 111 cm³/mol. The number of carbonyl (C=O) groups is 1. The second-order valence-corrected chi connectivity index (χ2v) is 8.89. The van der Waals surface area contributed by atoms with E-state index in [2.05, 4.69) is 26.1 Å². The number of benzene rings is 2. The van der Waals surface area contributed by atoms with Gasteiger partial charge in [-0.1, -0.05) is 32.9 Å². The van der Waals surface area contributed by atoms with E-state index >= 15 is 0 Å². The second-order valence-electron chi connectivity index (χ2n) is 7.72. The summed E-state index contributed by atoms with van der Waals surface area (Å²) < 4.78 is 27.0. The fraction of sp³-hybridized carbons (Fsp3) is 0.261. The molecule has 0 saturated heterocycles. The van der Waals surface area contributed by atoms with Gasteiger partial charge in [-0.15, -0.1) is 11.3 Å². The number of hydrogen-bond acceptors (Lipinski definition) is 2. The van der Waals surface area contributed by atoms with Gasteiger partial charge in [0.1, 0.15) is 11.6 Å². The van der Waals surface area contributed by atoms with Crippen molar-refractivity contribution >= 4 is 17.2 Å². The van der Waals surface area contributed by atoms with Gasteiger partial charge in [-0.25, -0.2) is 8.78 Å². The third kappa shape index (κ3) is 4.84. The highest BCUT2D eigenvalue weighted by atomic mass is 32.1. The van der Waals surface area contributed by atoms with E-state index in [1.165, 1.54) is 29.0 Å². The Kier molecular flexibility index (Phi) is 5.94. The molecule has 0 saturated carbocycles. The predicted octanol–water partition coefficient (Wildman–Crippen LogP) is 5.96. The number of nitrogens with one attached hydrogen (secondary N) is 1. The van der Waals surface area contributed by atoms with Gasteiger partial charge in [0.25, 0.3) is 5.91 Å². The van der Waals surface area contributed by atoms with Crippen LogP contribution in [0.5, 0.6) is 0 Å². The maximum absolute atomic E-state index is 13.9. The quantitative estimate of drug-likeness (QED) is 0.563. The highest BCUT2D eigenvalue weighted by Crippen LogP contribution is 2.30. The molecule has 0 spiro atoms. The molecule has 0 aliphatic heterocycles. The molecule has 146 valence electrons. The fourth-order valence-electron chi connectivity index (χ4n) is 2.87. The molecule has 3 aromatic rings. The van der Waals surface area contributed by atoms with E-state index in [-0.39, 0.29) is 11.3 Å². The normalized spacial score (nSPS) is 11.5. The molecule has 3 rings (SSSR count). The monoisotopic (exact) mass is 399 g/mol. The molecule has 0 radical (unpaired) electrons. The molecule has 5 heteroatoms. The zero-order chi connectivity index (χ0) is 20.3. The molecule has 0 atom stereocenters. The first kappa shape index (κ1) is 20.2. The van der Waals surface area contributed by atoms with Crippen LogP contribution in [0.15, 0.2) is 54.6 Å². The topological polar surface area (TPSA) is 29.1 Å². The van der Waals surface area contributed by atoms with Crippen molar-refractivity contribution in [2.75, 3.05) is 6.54 Å². The summed E-state index contributed by atoms with van der Waals surface area (Å²) in [4.78, 5) is 14.1. The van der Waals surface area contributed by atoms with Gasteiger partial charge < -0.3 is 5.32 Å². The van der Waals surface area contributed by atoms with E-state index in [1.54, 1.807) is 0 Å². The van der Waals surface area contributed by atoms with Crippen molar-refractivity contribution in [1.29, 1.82) is 0 Å². The van der Waals surface area contributed by atoms with E-state index < -0.39 is 11.6 Å². The average molecular weight is 400 g/mol. The van der Waals surface area contributed by atoms with Crippen LogP contribution >= 0.6 is 11.3 Å². The average Bonchev–Trinajstić information content (AvgIpc) is 3.09. The third-order valence-electron chi connectivity index (χ3n) is 4.53. The number of thiophene rings is 1. The maximum Gasteiger partial charge on any atom is 0.251 e. The molecule has 28 heavy (non-hydrogen) atoms. The van der Waals surface area contributed by atoms with Crippen molar-refractivity contribution < 1.29 is 13.6 Å². The Bertz CT molecular complexity index is 971. The van der Waals surface area contributed by atoms with E-state index in [0.29, 0.717) is 24.1 Å². The first-order valence-electron chi connectivity index (χ1n) is 9.17. The van der Waals surface area contributed by atoms with Gasteiger partial charge in [-0.3, -0.25) is 4.79 Å². The maximum atomic E-state index is 13.9. The first-order chi connectivity index (χ1) is 13.2. The van der Waals surface area contributed by atoms with E-state index in [4.69, 9.17) is 0 Å². The summed E-state index contributed by atoms with van der Waals surface area (Å²) in [7, 11) is 0. The third-order valence-corrected chi connectivity index (χ3v) is 5.71. The van der Waals surface area contributed by atoms with E-state index in [9.17, 15) is 13.6 Å². The SMILES string of the molecule is CC(C)(C)c1ccc(C(=O)NCCc2ccc(-c3ccc(F)cc3F)s2)cc1. The minimum atomic E-state index is -0.587. The molecule has 1 heterocycles. The summed E-state index contributed by atoms with van der Waals surface area (Å²) in [6, 6.07) is 15.0. The zero-order valence-corrected chi connectivity index (χ0v) is 17.0. The molecule has 1 amide bonds. The van der Waals surface area contributed by atoms with Crippen LogP contribution in [-0.4, -0.2) is 12.5 Å². The van der Waals surface area contributed by atoms with Crippen LogP contribution < -0.4 is 5.32 Å². The van der Waals surface area contributed by atoms with Crippen LogP contribution in [0, 0.1) is 11.6 Å². The zero-order valence-electron chi connectivity index (χ0n) is 16.2. The van der Waals surface area contributed by atoms with Gasteiger partial charge >= 0.3 is 0 Å². The van der Waals surface area contributed by atoms with Gasteiger partial charge in [0.05, 0.1) is 0 Å². The smallest absolute Gasteiger partial charge is 0.251 e.